The highest BCUT2D eigenvalue weighted by atomic mass is 32.2. The van der Waals surface area contributed by atoms with Gasteiger partial charge in [0.2, 0.25) is 15.9 Å². The SMILES string of the molecule is CC(=O)NCc1csc([C@@H]2CCCN(S(=O)(=O)Cc3ccc(C)c(C)c3)C2)n1. The molecule has 0 bridgehead atoms. The Morgan fingerprint density at radius 1 is 1.32 bits per heavy atom. The summed E-state index contributed by atoms with van der Waals surface area (Å²) in [6.07, 6.45) is 1.76. The fourth-order valence-electron chi connectivity index (χ4n) is 3.40. The van der Waals surface area contributed by atoms with Gasteiger partial charge in [-0.05, 0) is 43.4 Å². The molecule has 1 aromatic carbocycles. The topological polar surface area (TPSA) is 79.4 Å². The average molecular weight is 422 g/mol. The lowest BCUT2D eigenvalue weighted by Gasteiger charge is -2.31. The number of hydrogen-bond acceptors (Lipinski definition) is 5. The maximum atomic E-state index is 13.0. The molecular weight excluding hydrogens is 394 g/mol. The number of piperidine rings is 1. The Morgan fingerprint density at radius 2 is 2.11 bits per heavy atom. The van der Waals surface area contributed by atoms with Crippen molar-refractivity contribution in [2.75, 3.05) is 13.1 Å². The molecule has 28 heavy (non-hydrogen) atoms. The van der Waals surface area contributed by atoms with Crippen LogP contribution in [0.4, 0.5) is 0 Å². The van der Waals surface area contributed by atoms with Crippen LogP contribution in [-0.4, -0.2) is 36.7 Å². The van der Waals surface area contributed by atoms with Crippen LogP contribution in [0.15, 0.2) is 23.6 Å². The molecule has 1 atom stereocenters. The second-order valence-corrected chi connectivity index (χ2v) is 10.3. The Balaban J connectivity index is 1.68. The van der Waals surface area contributed by atoms with Crippen LogP contribution in [0.2, 0.25) is 0 Å². The van der Waals surface area contributed by atoms with Crippen LogP contribution < -0.4 is 5.32 Å². The van der Waals surface area contributed by atoms with Gasteiger partial charge in [0, 0.05) is 31.3 Å². The highest BCUT2D eigenvalue weighted by molar-refractivity contribution is 7.88. The van der Waals surface area contributed by atoms with Crippen molar-refractivity contribution in [1.82, 2.24) is 14.6 Å². The monoisotopic (exact) mass is 421 g/mol. The molecular formula is C20H27N3O3S2. The number of sulfonamides is 1. The van der Waals surface area contributed by atoms with E-state index in [0.717, 1.165) is 40.2 Å². The molecule has 2 heterocycles. The molecule has 1 aromatic heterocycles. The molecule has 1 saturated heterocycles. The van der Waals surface area contributed by atoms with Crippen LogP contribution in [0.5, 0.6) is 0 Å². The first kappa shape index (κ1) is 21.0. The van der Waals surface area contributed by atoms with Gasteiger partial charge in [0.25, 0.3) is 0 Å². The van der Waals surface area contributed by atoms with Crippen molar-refractivity contribution < 1.29 is 13.2 Å². The zero-order valence-corrected chi connectivity index (χ0v) is 18.2. The van der Waals surface area contributed by atoms with Crippen molar-refractivity contribution >= 4 is 27.3 Å². The van der Waals surface area contributed by atoms with Gasteiger partial charge >= 0.3 is 0 Å². The van der Waals surface area contributed by atoms with E-state index >= 15 is 0 Å². The smallest absolute Gasteiger partial charge is 0.218 e. The predicted molar refractivity (Wildman–Crippen MR) is 112 cm³/mol. The maximum Gasteiger partial charge on any atom is 0.218 e. The number of thiazole rings is 1. The van der Waals surface area contributed by atoms with Crippen molar-refractivity contribution in [3.63, 3.8) is 0 Å². The lowest BCUT2D eigenvalue weighted by molar-refractivity contribution is -0.119. The molecule has 0 unspecified atom stereocenters. The molecule has 1 amide bonds. The van der Waals surface area contributed by atoms with Gasteiger partial charge < -0.3 is 5.32 Å². The van der Waals surface area contributed by atoms with Crippen LogP contribution >= 0.6 is 11.3 Å². The summed E-state index contributed by atoms with van der Waals surface area (Å²) in [5, 5.41) is 5.63. The lowest BCUT2D eigenvalue weighted by atomic mass is 10.0. The number of nitrogens with one attached hydrogen (secondary N) is 1. The number of rotatable bonds is 6. The largest absolute Gasteiger partial charge is 0.351 e. The normalized spacial score (nSPS) is 18.2. The van der Waals surface area contributed by atoms with E-state index in [-0.39, 0.29) is 17.6 Å². The first-order chi connectivity index (χ1) is 13.2. The summed E-state index contributed by atoms with van der Waals surface area (Å²) in [5.74, 6) is 0.0575. The third kappa shape index (κ3) is 5.18. The van der Waals surface area contributed by atoms with E-state index < -0.39 is 10.0 Å². The van der Waals surface area contributed by atoms with Gasteiger partial charge in [-0.25, -0.2) is 17.7 Å². The van der Waals surface area contributed by atoms with Gasteiger partial charge in [-0.15, -0.1) is 11.3 Å². The molecule has 8 heteroatoms. The van der Waals surface area contributed by atoms with E-state index in [2.05, 4.69) is 10.3 Å². The van der Waals surface area contributed by atoms with Crippen molar-refractivity contribution in [3.05, 3.63) is 51.0 Å². The van der Waals surface area contributed by atoms with Crippen LogP contribution in [0, 0.1) is 13.8 Å². The number of hydrogen-bond donors (Lipinski definition) is 1. The molecule has 0 aliphatic carbocycles. The minimum absolute atomic E-state index is 0.0342. The number of aromatic nitrogens is 1. The first-order valence-electron chi connectivity index (χ1n) is 9.47. The van der Waals surface area contributed by atoms with E-state index in [4.69, 9.17) is 0 Å². The lowest BCUT2D eigenvalue weighted by Crippen LogP contribution is -2.39. The molecule has 1 fully saturated rings. The molecule has 0 spiro atoms. The Bertz CT molecular complexity index is 953. The summed E-state index contributed by atoms with van der Waals surface area (Å²) in [6.45, 7) is 6.95. The molecule has 0 saturated carbocycles. The second-order valence-electron chi connectivity index (χ2n) is 7.46. The Hall–Kier alpha value is -1.77. The number of benzene rings is 1. The number of nitrogens with zero attached hydrogens (tertiary/aromatic N) is 2. The van der Waals surface area contributed by atoms with Crippen molar-refractivity contribution in [2.45, 2.75) is 51.8 Å². The number of aryl methyl sites for hydroxylation is 2. The minimum atomic E-state index is -3.37. The molecule has 3 rings (SSSR count). The van der Waals surface area contributed by atoms with E-state index in [1.807, 2.05) is 37.4 Å². The summed E-state index contributed by atoms with van der Waals surface area (Å²) in [7, 11) is -3.37. The fourth-order valence-corrected chi connectivity index (χ4v) is 5.94. The maximum absolute atomic E-state index is 13.0. The second kappa shape index (κ2) is 8.71. The van der Waals surface area contributed by atoms with Gasteiger partial charge in [-0.1, -0.05) is 18.2 Å². The molecule has 1 aliphatic heterocycles. The Kier molecular flexibility index (Phi) is 6.52. The average Bonchev–Trinajstić information content (AvgIpc) is 3.12. The van der Waals surface area contributed by atoms with E-state index in [0.29, 0.717) is 19.6 Å². The van der Waals surface area contributed by atoms with Gasteiger partial charge in [-0.2, -0.15) is 0 Å². The van der Waals surface area contributed by atoms with Crippen molar-refractivity contribution in [3.8, 4) is 0 Å². The van der Waals surface area contributed by atoms with Gasteiger partial charge in [-0.3, -0.25) is 4.79 Å². The third-order valence-corrected chi connectivity index (χ3v) is 8.01. The predicted octanol–water partition coefficient (Wildman–Crippen LogP) is 3.11. The Labute approximate surface area is 171 Å². The molecule has 2 aromatic rings. The molecule has 0 radical (unpaired) electrons. The van der Waals surface area contributed by atoms with Crippen LogP contribution in [0.25, 0.3) is 0 Å². The van der Waals surface area contributed by atoms with Crippen LogP contribution in [0.1, 0.15) is 53.1 Å². The standard InChI is InChI=1S/C20H27N3O3S2/c1-14-6-7-17(9-15(14)2)13-28(25,26)23-8-4-5-18(11-23)20-22-19(12-27-20)10-21-16(3)24/h6-7,9,12,18H,4-5,8,10-11,13H2,1-3H3,(H,21,24)/t18-/m1/s1. The fraction of sp³-hybridized carbons (Fsp3) is 0.500. The van der Waals surface area contributed by atoms with E-state index in [1.54, 1.807) is 15.6 Å². The number of carbonyl (C=O) groups excluding carboxylic acids is 1. The van der Waals surface area contributed by atoms with Gasteiger partial charge in [0.1, 0.15) is 0 Å². The molecule has 6 nitrogen and oxygen atoms in total. The van der Waals surface area contributed by atoms with E-state index in [9.17, 15) is 13.2 Å². The highest BCUT2D eigenvalue weighted by Gasteiger charge is 2.31. The summed E-state index contributed by atoms with van der Waals surface area (Å²) >= 11 is 1.54. The van der Waals surface area contributed by atoms with E-state index in [1.165, 1.54) is 6.92 Å². The van der Waals surface area contributed by atoms with Gasteiger partial charge in [0.15, 0.2) is 0 Å². The van der Waals surface area contributed by atoms with Crippen molar-refractivity contribution in [1.29, 1.82) is 0 Å². The highest BCUT2D eigenvalue weighted by Crippen LogP contribution is 2.31. The zero-order chi connectivity index (χ0) is 20.3. The number of carbonyl (C=O) groups is 1. The summed E-state index contributed by atoms with van der Waals surface area (Å²) < 4.78 is 27.6. The van der Waals surface area contributed by atoms with Crippen LogP contribution in [-0.2, 0) is 27.1 Å². The summed E-state index contributed by atoms with van der Waals surface area (Å²) in [6, 6.07) is 5.84. The Morgan fingerprint density at radius 3 is 2.82 bits per heavy atom. The summed E-state index contributed by atoms with van der Waals surface area (Å²) in [4.78, 5) is 15.7. The minimum Gasteiger partial charge on any atom is -0.351 e. The van der Waals surface area contributed by atoms with Crippen LogP contribution in [0.3, 0.4) is 0 Å². The molecule has 152 valence electrons. The van der Waals surface area contributed by atoms with Crippen molar-refractivity contribution in [2.24, 2.45) is 0 Å². The third-order valence-electron chi connectivity index (χ3n) is 5.14. The van der Waals surface area contributed by atoms with Gasteiger partial charge in [0.05, 0.1) is 23.0 Å². The quantitative estimate of drug-likeness (QED) is 0.777. The first-order valence-corrected chi connectivity index (χ1v) is 12.0. The summed E-state index contributed by atoms with van der Waals surface area (Å²) in [5.41, 5.74) is 3.93. The molecule has 1 aliphatic rings. The molecule has 1 N–H and O–H groups in total. The number of amides is 1. The zero-order valence-electron chi connectivity index (χ0n) is 16.6.